The van der Waals surface area contributed by atoms with Crippen LogP contribution in [0.1, 0.15) is 0 Å². The molecule has 0 bridgehead atoms. The molecule has 1 atom stereocenters. The van der Waals surface area contributed by atoms with E-state index in [2.05, 4.69) is 5.32 Å². The highest BCUT2D eigenvalue weighted by Crippen LogP contribution is 2.10. The normalized spacial score (nSPS) is 26.9. The molecular formula is C8H11NO4S2. The molecule has 0 unspecified atom stereocenters. The molecule has 2 heterocycles. The average Bonchev–Trinajstić information content (AvgIpc) is 2.89. The van der Waals surface area contributed by atoms with Gasteiger partial charge >= 0.3 is 0 Å². The van der Waals surface area contributed by atoms with E-state index in [1.54, 1.807) is 6.08 Å². The fourth-order valence-corrected chi connectivity index (χ4v) is 2.61. The third kappa shape index (κ3) is 3.44. The zero-order valence-corrected chi connectivity index (χ0v) is 9.57. The Hall–Kier alpha value is -0.660. The van der Waals surface area contributed by atoms with Crippen LogP contribution in [0.15, 0.2) is 11.8 Å². The summed E-state index contributed by atoms with van der Waals surface area (Å²) in [6, 6.07) is 0. The van der Waals surface area contributed by atoms with Crippen LogP contribution in [-0.4, -0.2) is 44.4 Å². The van der Waals surface area contributed by atoms with E-state index in [0.29, 0.717) is 18.9 Å². The lowest BCUT2D eigenvalue weighted by atomic mass is 10.5. The molecule has 0 radical (unpaired) electrons. The summed E-state index contributed by atoms with van der Waals surface area (Å²) in [5, 5.41) is 2.96. The van der Waals surface area contributed by atoms with Gasteiger partial charge in [0.2, 0.25) is 0 Å². The zero-order valence-electron chi connectivity index (χ0n) is 7.93. The topological polar surface area (TPSA) is 67.9 Å². The summed E-state index contributed by atoms with van der Waals surface area (Å²) < 4.78 is 32.3. The van der Waals surface area contributed by atoms with E-state index in [4.69, 9.17) is 21.7 Å². The van der Waals surface area contributed by atoms with Crippen molar-refractivity contribution >= 4 is 27.2 Å². The summed E-state index contributed by atoms with van der Waals surface area (Å²) in [6.45, 7) is 1.13. The lowest BCUT2D eigenvalue weighted by molar-refractivity contribution is 0.251. The average molecular weight is 249 g/mol. The van der Waals surface area contributed by atoms with E-state index in [1.807, 2.05) is 0 Å². The Balaban J connectivity index is 1.74. The Morgan fingerprint density at radius 3 is 3.00 bits per heavy atom. The maximum absolute atomic E-state index is 11.1. The van der Waals surface area contributed by atoms with Crippen LogP contribution in [0.2, 0.25) is 0 Å². The molecule has 1 N–H and O–H groups in total. The number of nitrogens with one attached hydrogen (secondary N) is 1. The fourth-order valence-electron chi connectivity index (χ4n) is 1.17. The van der Waals surface area contributed by atoms with Gasteiger partial charge in [0.1, 0.15) is 12.7 Å². The SMILES string of the molecule is O=S1(=O)CC=C(NC(=S)OC[C@@H]2CO2)C1. The predicted molar refractivity (Wildman–Crippen MR) is 58.2 cm³/mol. The van der Waals surface area contributed by atoms with Crippen LogP contribution in [-0.2, 0) is 19.3 Å². The van der Waals surface area contributed by atoms with Crippen molar-refractivity contribution in [3.63, 3.8) is 0 Å². The number of hydrogen-bond acceptors (Lipinski definition) is 5. The first kappa shape index (κ1) is 10.8. The van der Waals surface area contributed by atoms with Crippen molar-refractivity contribution in [2.24, 2.45) is 0 Å². The van der Waals surface area contributed by atoms with Crippen molar-refractivity contribution in [1.29, 1.82) is 0 Å². The first-order valence-electron chi connectivity index (χ1n) is 4.50. The lowest BCUT2D eigenvalue weighted by Crippen LogP contribution is -2.26. The first-order chi connectivity index (χ1) is 7.05. The summed E-state index contributed by atoms with van der Waals surface area (Å²) in [7, 11) is -2.95. The summed E-state index contributed by atoms with van der Waals surface area (Å²) in [5.74, 6) is 0.0834. The molecule has 2 aliphatic rings. The number of sulfone groups is 1. The molecule has 0 aromatic heterocycles. The molecule has 2 aliphatic heterocycles. The summed E-state index contributed by atoms with van der Waals surface area (Å²) >= 11 is 4.89. The van der Waals surface area contributed by atoms with Crippen LogP contribution in [0.5, 0.6) is 0 Å². The third-order valence-corrected chi connectivity index (χ3v) is 3.67. The standard InChI is InChI=1S/C8H11NO4S2/c10-15(11)2-1-6(5-15)9-8(14)13-4-7-3-12-7/h1,7H,2-5H2,(H,9,14)/t7-/m0/s1. The van der Waals surface area contributed by atoms with Crippen LogP contribution >= 0.6 is 12.2 Å². The number of ether oxygens (including phenoxy) is 2. The minimum Gasteiger partial charge on any atom is -0.468 e. The highest BCUT2D eigenvalue weighted by atomic mass is 32.2. The van der Waals surface area contributed by atoms with Crippen LogP contribution in [0.3, 0.4) is 0 Å². The van der Waals surface area contributed by atoms with Gasteiger partial charge in [0.25, 0.3) is 5.17 Å². The van der Waals surface area contributed by atoms with Crippen LogP contribution in [0, 0.1) is 0 Å². The molecule has 15 heavy (non-hydrogen) atoms. The second-order valence-electron chi connectivity index (χ2n) is 3.46. The third-order valence-electron chi connectivity index (χ3n) is 2.02. The maximum atomic E-state index is 11.1. The van der Waals surface area contributed by atoms with Crippen LogP contribution in [0.25, 0.3) is 0 Å². The Kier molecular flexibility index (Phi) is 2.94. The van der Waals surface area contributed by atoms with E-state index in [1.165, 1.54) is 0 Å². The molecule has 0 aromatic carbocycles. The molecule has 0 amide bonds. The zero-order chi connectivity index (χ0) is 10.9. The number of thiocarbonyl (C=S) groups is 1. The largest absolute Gasteiger partial charge is 0.468 e. The highest BCUT2D eigenvalue weighted by molar-refractivity contribution is 7.92. The van der Waals surface area contributed by atoms with Gasteiger partial charge < -0.3 is 14.8 Å². The monoisotopic (exact) mass is 249 g/mol. The van der Waals surface area contributed by atoms with Gasteiger partial charge in [0, 0.05) is 5.70 Å². The molecule has 1 fully saturated rings. The second kappa shape index (κ2) is 4.07. The van der Waals surface area contributed by atoms with Crippen molar-refractivity contribution in [1.82, 2.24) is 5.32 Å². The molecule has 0 aliphatic carbocycles. The molecule has 1 saturated heterocycles. The van der Waals surface area contributed by atoms with Crippen molar-refractivity contribution in [3.8, 4) is 0 Å². The number of epoxide rings is 1. The van der Waals surface area contributed by atoms with Gasteiger partial charge in [-0.25, -0.2) is 8.42 Å². The smallest absolute Gasteiger partial charge is 0.261 e. The molecule has 7 heteroatoms. The van der Waals surface area contributed by atoms with Gasteiger partial charge in [-0.15, -0.1) is 0 Å². The van der Waals surface area contributed by atoms with Crippen molar-refractivity contribution in [2.45, 2.75) is 6.10 Å². The first-order valence-corrected chi connectivity index (χ1v) is 6.73. The summed E-state index contributed by atoms with van der Waals surface area (Å²) in [4.78, 5) is 0. The quantitative estimate of drug-likeness (QED) is 0.542. The Morgan fingerprint density at radius 2 is 2.47 bits per heavy atom. The van der Waals surface area contributed by atoms with Gasteiger partial charge in [0.05, 0.1) is 18.1 Å². The van der Waals surface area contributed by atoms with E-state index in [-0.39, 0.29) is 22.8 Å². The predicted octanol–water partition coefficient (Wildman–Crippen LogP) is -0.411. The summed E-state index contributed by atoms with van der Waals surface area (Å²) in [6.07, 6.45) is 1.75. The van der Waals surface area contributed by atoms with Gasteiger partial charge in [-0.05, 0) is 18.3 Å². The Morgan fingerprint density at radius 1 is 1.73 bits per heavy atom. The Bertz CT molecular complexity index is 397. The van der Waals surface area contributed by atoms with E-state index in [0.717, 1.165) is 0 Å². The van der Waals surface area contributed by atoms with Crippen molar-refractivity contribution in [3.05, 3.63) is 11.8 Å². The minimum atomic E-state index is -2.95. The van der Waals surface area contributed by atoms with E-state index in [9.17, 15) is 8.42 Å². The molecule has 0 saturated carbocycles. The fraction of sp³-hybridized carbons (Fsp3) is 0.625. The summed E-state index contributed by atoms with van der Waals surface area (Å²) in [5.41, 5.74) is 0.594. The van der Waals surface area contributed by atoms with Crippen molar-refractivity contribution in [2.75, 3.05) is 24.7 Å². The van der Waals surface area contributed by atoms with Crippen molar-refractivity contribution < 1.29 is 17.9 Å². The molecule has 5 nitrogen and oxygen atoms in total. The van der Waals surface area contributed by atoms with Gasteiger partial charge in [-0.2, -0.15) is 0 Å². The molecular weight excluding hydrogens is 238 g/mol. The van der Waals surface area contributed by atoms with Crippen LogP contribution in [0.4, 0.5) is 0 Å². The highest BCUT2D eigenvalue weighted by Gasteiger charge is 2.24. The molecule has 0 aromatic rings. The lowest BCUT2D eigenvalue weighted by Gasteiger charge is -2.08. The number of rotatable bonds is 3. The van der Waals surface area contributed by atoms with Crippen LogP contribution < -0.4 is 5.32 Å². The second-order valence-corrected chi connectivity index (χ2v) is 5.94. The van der Waals surface area contributed by atoms with Gasteiger partial charge in [0.15, 0.2) is 9.84 Å². The molecule has 0 spiro atoms. The van der Waals surface area contributed by atoms with E-state index >= 15 is 0 Å². The molecule has 84 valence electrons. The Labute approximate surface area is 93.4 Å². The molecule has 2 rings (SSSR count). The minimum absolute atomic E-state index is 0.0103. The number of hydrogen-bond donors (Lipinski definition) is 1. The maximum Gasteiger partial charge on any atom is 0.261 e. The van der Waals surface area contributed by atoms with Gasteiger partial charge in [-0.1, -0.05) is 0 Å². The van der Waals surface area contributed by atoms with Gasteiger partial charge in [-0.3, -0.25) is 0 Å². The van der Waals surface area contributed by atoms with E-state index < -0.39 is 9.84 Å².